The van der Waals surface area contributed by atoms with Gasteiger partial charge in [-0.2, -0.15) is 0 Å². The van der Waals surface area contributed by atoms with Crippen LogP contribution in [0.25, 0.3) is 12.2 Å². The Bertz CT molecular complexity index is 1060. The van der Waals surface area contributed by atoms with Gasteiger partial charge in [0, 0.05) is 18.4 Å². The van der Waals surface area contributed by atoms with Crippen molar-refractivity contribution in [3.8, 4) is 0 Å². The molecular formula is C24H23NO4. The van der Waals surface area contributed by atoms with E-state index in [1.54, 1.807) is 18.2 Å². The molecule has 2 aromatic carbocycles. The highest BCUT2D eigenvalue weighted by Gasteiger charge is 2.49. The molecule has 1 aromatic heterocycles. The van der Waals surface area contributed by atoms with Gasteiger partial charge < -0.3 is 19.6 Å². The molecule has 29 heavy (non-hydrogen) atoms. The Morgan fingerprint density at radius 2 is 1.86 bits per heavy atom. The third kappa shape index (κ3) is 3.28. The molecule has 0 bridgehead atoms. The molecule has 0 spiro atoms. The maximum Gasteiger partial charge on any atom is 0.257 e. The Morgan fingerprint density at radius 3 is 2.52 bits per heavy atom. The number of nitrogens with one attached hydrogen (secondary N) is 1. The quantitative estimate of drug-likeness (QED) is 0.699. The fraction of sp³-hybridized carbons (Fsp3) is 0.208. The van der Waals surface area contributed by atoms with E-state index >= 15 is 0 Å². The SMILES string of the molecule is COC1C(=O)Nc2ccc(C=Cc3cc(C)c(C)o3)cc2C1(O)c1ccccc1. The van der Waals surface area contributed by atoms with Crippen LogP contribution in [0.15, 0.2) is 59.0 Å². The monoisotopic (exact) mass is 389 g/mol. The van der Waals surface area contributed by atoms with Gasteiger partial charge in [0.1, 0.15) is 11.5 Å². The summed E-state index contributed by atoms with van der Waals surface area (Å²) >= 11 is 0. The van der Waals surface area contributed by atoms with Crippen molar-refractivity contribution in [3.63, 3.8) is 0 Å². The molecule has 3 aromatic rings. The summed E-state index contributed by atoms with van der Waals surface area (Å²) in [4.78, 5) is 12.6. The summed E-state index contributed by atoms with van der Waals surface area (Å²) in [6.45, 7) is 3.93. The van der Waals surface area contributed by atoms with Gasteiger partial charge in [0.2, 0.25) is 0 Å². The highest BCUT2D eigenvalue weighted by atomic mass is 16.5. The molecule has 0 saturated heterocycles. The van der Waals surface area contributed by atoms with E-state index in [4.69, 9.17) is 9.15 Å². The summed E-state index contributed by atoms with van der Waals surface area (Å²) in [7, 11) is 1.43. The molecule has 0 fully saturated rings. The minimum absolute atomic E-state index is 0.379. The van der Waals surface area contributed by atoms with Gasteiger partial charge in [-0.05, 0) is 54.8 Å². The lowest BCUT2D eigenvalue weighted by Crippen LogP contribution is -2.52. The van der Waals surface area contributed by atoms with Crippen molar-refractivity contribution < 1.29 is 19.1 Å². The molecule has 0 radical (unpaired) electrons. The average molecular weight is 389 g/mol. The van der Waals surface area contributed by atoms with Crippen LogP contribution in [-0.4, -0.2) is 24.2 Å². The number of fused-ring (bicyclic) bond motifs is 1. The molecule has 1 aliphatic rings. The first kappa shape index (κ1) is 19.2. The molecule has 1 aliphatic heterocycles. The number of rotatable bonds is 4. The van der Waals surface area contributed by atoms with Crippen LogP contribution in [0.1, 0.15) is 33.8 Å². The van der Waals surface area contributed by atoms with Gasteiger partial charge in [-0.15, -0.1) is 0 Å². The number of hydrogen-bond acceptors (Lipinski definition) is 4. The number of furan rings is 1. The summed E-state index contributed by atoms with van der Waals surface area (Å²) in [6.07, 6.45) is 2.74. The lowest BCUT2D eigenvalue weighted by atomic mass is 9.77. The van der Waals surface area contributed by atoms with Gasteiger partial charge in [0.05, 0.1) is 0 Å². The molecular weight excluding hydrogens is 366 g/mol. The second-order valence-corrected chi connectivity index (χ2v) is 7.26. The van der Waals surface area contributed by atoms with E-state index in [0.29, 0.717) is 16.8 Å². The highest BCUT2D eigenvalue weighted by Crippen LogP contribution is 2.42. The Labute approximate surface area is 169 Å². The first-order valence-electron chi connectivity index (χ1n) is 9.44. The summed E-state index contributed by atoms with van der Waals surface area (Å²) in [5.41, 5.74) is 2.12. The number of amides is 1. The Hall–Kier alpha value is -3.15. The average Bonchev–Trinajstić information content (AvgIpc) is 3.05. The molecule has 148 valence electrons. The van der Waals surface area contributed by atoms with Crippen LogP contribution in [-0.2, 0) is 15.1 Å². The Balaban J connectivity index is 1.80. The zero-order valence-corrected chi connectivity index (χ0v) is 16.6. The van der Waals surface area contributed by atoms with E-state index < -0.39 is 11.7 Å². The van der Waals surface area contributed by atoms with Crippen LogP contribution < -0.4 is 5.32 Å². The van der Waals surface area contributed by atoms with E-state index in [1.165, 1.54) is 7.11 Å². The molecule has 5 nitrogen and oxygen atoms in total. The van der Waals surface area contributed by atoms with Gasteiger partial charge in [-0.1, -0.05) is 42.5 Å². The molecule has 5 heteroatoms. The second kappa shape index (κ2) is 7.35. The molecule has 0 saturated carbocycles. The number of aryl methyl sites for hydroxylation is 2. The normalized spacial score (nSPS) is 21.2. The fourth-order valence-electron chi connectivity index (χ4n) is 3.76. The van der Waals surface area contributed by atoms with Gasteiger partial charge >= 0.3 is 0 Å². The number of anilines is 1. The molecule has 2 N–H and O–H groups in total. The second-order valence-electron chi connectivity index (χ2n) is 7.26. The minimum atomic E-state index is -1.60. The predicted molar refractivity (Wildman–Crippen MR) is 112 cm³/mol. The number of carbonyl (C=O) groups excluding carboxylic acids is 1. The van der Waals surface area contributed by atoms with E-state index in [0.717, 1.165) is 22.6 Å². The number of carbonyl (C=O) groups is 1. The summed E-state index contributed by atoms with van der Waals surface area (Å²) in [5.74, 6) is 1.27. The third-order valence-corrected chi connectivity index (χ3v) is 5.40. The van der Waals surface area contributed by atoms with Crippen LogP contribution in [0, 0.1) is 13.8 Å². The summed E-state index contributed by atoms with van der Waals surface area (Å²) in [5, 5.41) is 14.6. The molecule has 4 rings (SSSR count). The maximum absolute atomic E-state index is 12.6. The zero-order chi connectivity index (χ0) is 20.6. The van der Waals surface area contributed by atoms with Crippen LogP contribution in [0.4, 0.5) is 5.69 Å². The number of benzene rings is 2. The summed E-state index contributed by atoms with van der Waals surface area (Å²) in [6, 6.07) is 16.7. The van der Waals surface area contributed by atoms with Crippen molar-refractivity contribution in [3.05, 3.63) is 88.4 Å². The lowest BCUT2D eigenvalue weighted by Gasteiger charge is -2.40. The van der Waals surface area contributed by atoms with Crippen molar-refractivity contribution in [2.24, 2.45) is 0 Å². The van der Waals surface area contributed by atoms with E-state index in [-0.39, 0.29) is 5.91 Å². The number of aliphatic hydroxyl groups is 1. The smallest absolute Gasteiger partial charge is 0.257 e. The maximum atomic E-state index is 12.6. The largest absolute Gasteiger partial charge is 0.462 e. The van der Waals surface area contributed by atoms with Gasteiger partial charge in [-0.3, -0.25) is 4.79 Å². The van der Waals surface area contributed by atoms with E-state index in [9.17, 15) is 9.90 Å². The first-order chi connectivity index (χ1) is 13.9. The van der Waals surface area contributed by atoms with Gasteiger partial charge in [0.15, 0.2) is 11.7 Å². The van der Waals surface area contributed by atoms with Crippen molar-refractivity contribution in [2.75, 3.05) is 12.4 Å². The molecule has 2 unspecified atom stereocenters. The summed E-state index contributed by atoms with van der Waals surface area (Å²) < 4.78 is 11.1. The third-order valence-electron chi connectivity index (χ3n) is 5.40. The standard InChI is InChI=1S/C24H23NO4/c1-15-13-19(29-16(15)2)11-9-17-10-12-21-20(14-17)24(27,18-7-5-4-6-8-18)22(28-3)23(26)25-21/h4-14,22,27H,1-3H3,(H,25,26). The van der Waals surface area contributed by atoms with Crippen LogP contribution in [0.2, 0.25) is 0 Å². The minimum Gasteiger partial charge on any atom is -0.462 e. The van der Waals surface area contributed by atoms with Crippen molar-refractivity contribution >= 4 is 23.7 Å². The first-order valence-corrected chi connectivity index (χ1v) is 9.44. The number of methoxy groups -OCH3 is 1. The Morgan fingerprint density at radius 1 is 1.10 bits per heavy atom. The molecule has 1 amide bonds. The van der Waals surface area contributed by atoms with Gasteiger partial charge in [-0.25, -0.2) is 0 Å². The lowest BCUT2D eigenvalue weighted by molar-refractivity contribution is -0.142. The Kier molecular flexibility index (Phi) is 4.86. The fourth-order valence-corrected chi connectivity index (χ4v) is 3.76. The van der Waals surface area contributed by atoms with Crippen LogP contribution in [0.3, 0.4) is 0 Å². The van der Waals surface area contributed by atoms with Crippen molar-refractivity contribution in [1.82, 2.24) is 0 Å². The van der Waals surface area contributed by atoms with E-state index in [1.807, 2.05) is 62.4 Å². The topological polar surface area (TPSA) is 71.7 Å². The molecule has 2 heterocycles. The zero-order valence-electron chi connectivity index (χ0n) is 16.6. The van der Waals surface area contributed by atoms with E-state index in [2.05, 4.69) is 5.32 Å². The van der Waals surface area contributed by atoms with Gasteiger partial charge in [0.25, 0.3) is 5.91 Å². The molecule has 2 atom stereocenters. The number of ether oxygens (including phenoxy) is 1. The van der Waals surface area contributed by atoms with Crippen molar-refractivity contribution in [1.29, 1.82) is 0 Å². The number of hydrogen-bond donors (Lipinski definition) is 2. The van der Waals surface area contributed by atoms with Crippen molar-refractivity contribution in [2.45, 2.75) is 25.6 Å². The molecule has 0 aliphatic carbocycles. The highest BCUT2D eigenvalue weighted by molar-refractivity contribution is 6.00. The van der Waals surface area contributed by atoms with Crippen LogP contribution in [0.5, 0.6) is 0 Å². The van der Waals surface area contributed by atoms with Crippen LogP contribution >= 0.6 is 0 Å². The predicted octanol–water partition coefficient (Wildman–Crippen LogP) is 4.27.